The maximum atomic E-state index is 13.4. The molecule has 2 aromatic rings. The second kappa shape index (κ2) is 11.3. The van der Waals surface area contributed by atoms with Crippen molar-refractivity contribution in [2.45, 2.75) is 78.4 Å². The van der Waals surface area contributed by atoms with Crippen molar-refractivity contribution in [3.63, 3.8) is 0 Å². The summed E-state index contributed by atoms with van der Waals surface area (Å²) in [6, 6.07) is 11.0. The number of rotatable bonds is 8. The number of amides is 2. The zero-order valence-corrected chi connectivity index (χ0v) is 22.8. The predicted molar refractivity (Wildman–Crippen MR) is 137 cm³/mol. The zero-order valence-electron chi connectivity index (χ0n) is 21.2. The molecule has 1 atom stereocenters. The van der Waals surface area contributed by atoms with E-state index in [0.29, 0.717) is 12.2 Å². The highest BCUT2D eigenvalue weighted by Gasteiger charge is 2.31. The molecule has 0 aromatic heterocycles. The van der Waals surface area contributed by atoms with Crippen molar-refractivity contribution in [2.75, 3.05) is 6.61 Å². The van der Waals surface area contributed by atoms with Crippen LogP contribution in [-0.2, 0) is 21.5 Å². The topological polar surface area (TPSA) is 58.6 Å². The summed E-state index contributed by atoms with van der Waals surface area (Å²) in [5.74, 6) is -0.366. The van der Waals surface area contributed by atoms with Gasteiger partial charge in [-0.25, -0.2) is 4.39 Å². The maximum Gasteiger partial charge on any atom is 0.261 e. The largest absolute Gasteiger partial charge is 0.483 e. The van der Waals surface area contributed by atoms with Crippen LogP contribution < -0.4 is 10.1 Å². The first-order valence-electron chi connectivity index (χ1n) is 11.5. The minimum Gasteiger partial charge on any atom is -0.483 e. The Hall–Kier alpha value is -2.41. The van der Waals surface area contributed by atoms with Crippen LogP contribution in [0.2, 0.25) is 0 Å². The van der Waals surface area contributed by atoms with Crippen LogP contribution in [0.3, 0.4) is 0 Å². The van der Waals surface area contributed by atoms with Gasteiger partial charge in [-0.1, -0.05) is 45.9 Å². The highest BCUT2D eigenvalue weighted by Crippen LogP contribution is 2.31. The molecule has 0 heterocycles. The molecule has 1 unspecified atom stereocenters. The summed E-state index contributed by atoms with van der Waals surface area (Å²) in [5.41, 5.74) is 1.41. The van der Waals surface area contributed by atoms with Gasteiger partial charge in [-0.3, -0.25) is 9.59 Å². The molecule has 2 amide bonds. The van der Waals surface area contributed by atoms with Crippen LogP contribution in [0.1, 0.15) is 66.0 Å². The molecule has 186 valence electrons. The number of benzene rings is 2. The van der Waals surface area contributed by atoms with Crippen LogP contribution in [-0.4, -0.2) is 34.9 Å². The fourth-order valence-electron chi connectivity index (χ4n) is 3.47. The fraction of sp³-hybridized carbons (Fsp3) is 0.481. The minimum absolute atomic E-state index is 0.0163. The van der Waals surface area contributed by atoms with Crippen LogP contribution in [0.25, 0.3) is 0 Å². The molecular weight excluding hydrogens is 499 g/mol. The predicted octanol–water partition coefficient (Wildman–Crippen LogP) is 5.99. The first kappa shape index (κ1) is 27.8. The fourth-order valence-corrected chi connectivity index (χ4v) is 3.96. The molecule has 0 fully saturated rings. The molecule has 2 rings (SSSR count). The number of hydrogen-bond acceptors (Lipinski definition) is 3. The van der Waals surface area contributed by atoms with Crippen molar-refractivity contribution in [1.82, 2.24) is 10.2 Å². The van der Waals surface area contributed by atoms with Gasteiger partial charge in [-0.2, -0.15) is 0 Å². The van der Waals surface area contributed by atoms with Crippen molar-refractivity contribution in [3.05, 3.63) is 63.9 Å². The Balaban J connectivity index is 2.25. The lowest BCUT2D eigenvalue weighted by molar-refractivity contribution is -0.143. The normalized spacial score (nSPS) is 12.7. The van der Waals surface area contributed by atoms with E-state index in [-0.39, 0.29) is 36.2 Å². The quantitative estimate of drug-likeness (QED) is 0.452. The van der Waals surface area contributed by atoms with Gasteiger partial charge in [0.1, 0.15) is 17.6 Å². The summed E-state index contributed by atoms with van der Waals surface area (Å²) >= 11 is 3.54. The lowest BCUT2D eigenvalue weighted by atomic mass is 9.87. The van der Waals surface area contributed by atoms with E-state index in [1.54, 1.807) is 12.1 Å². The number of nitrogens with one attached hydrogen (secondary N) is 1. The van der Waals surface area contributed by atoms with Crippen LogP contribution in [0.15, 0.2) is 46.9 Å². The second-order valence-electron chi connectivity index (χ2n) is 10.5. The molecule has 0 radical (unpaired) electrons. The third-order valence-corrected chi connectivity index (χ3v) is 5.92. The monoisotopic (exact) mass is 534 g/mol. The van der Waals surface area contributed by atoms with E-state index >= 15 is 0 Å². The van der Waals surface area contributed by atoms with E-state index in [1.807, 2.05) is 45.9 Å². The van der Waals surface area contributed by atoms with E-state index in [9.17, 15) is 14.0 Å². The van der Waals surface area contributed by atoms with Crippen molar-refractivity contribution in [1.29, 1.82) is 0 Å². The molecule has 2 aromatic carbocycles. The van der Waals surface area contributed by atoms with Gasteiger partial charge in [-0.05, 0) is 83.9 Å². The first-order valence-corrected chi connectivity index (χ1v) is 12.3. The van der Waals surface area contributed by atoms with Gasteiger partial charge in [0.25, 0.3) is 5.91 Å². The van der Waals surface area contributed by atoms with Gasteiger partial charge < -0.3 is 15.0 Å². The summed E-state index contributed by atoms with van der Waals surface area (Å²) in [6.07, 6.45) is 0.429. The first-order chi connectivity index (χ1) is 15.7. The van der Waals surface area contributed by atoms with Crippen LogP contribution in [0.5, 0.6) is 5.75 Å². The maximum absolute atomic E-state index is 13.4. The average molecular weight is 535 g/mol. The van der Waals surface area contributed by atoms with Crippen LogP contribution in [0.4, 0.5) is 4.39 Å². The van der Waals surface area contributed by atoms with Crippen LogP contribution in [0, 0.1) is 5.82 Å². The number of carbonyl (C=O) groups is 2. The van der Waals surface area contributed by atoms with Crippen molar-refractivity contribution < 1.29 is 18.7 Å². The Labute approximate surface area is 211 Å². The third-order valence-electron chi connectivity index (χ3n) is 5.30. The second-order valence-corrected chi connectivity index (χ2v) is 11.3. The molecular formula is C27H36BrFN2O3. The summed E-state index contributed by atoms with van der Waals surface area (Å²) < 4.78 is 20.0. The molecule has 0 aliphatic carbocycles. The Morgan fingerprint density at radius 1 is 1.06 bits per heavy atom. The molecule has 0 saturated heterocycles. The average Bonchev–Trinajstić information content (AvgIpc) is 2.72. The number of ether oxygens (including phenoxy) is 1. The molecule has 1 N–H and O–H groups in total. The van der Waals surface area contributed by atoms with Crippen molar-refractivity contribution >= 4 is 27.7 Å². The van der Waals surface area contributed by atoms with E-state index in [4.69, 9.17) is 4.74 Å². The zero-order chi connectivity index (χ0) is 25.7. The van der Waals surface area contributed by atoms with Gasteiger partial charge in [0.15, 0.2) is 6.61 Å². The van der Waals surface area contributed by atoms with E-state index in [2.05, 4.69) is 42.0 Å². The molecule has 0 saturated carbocycles. The summed E-state index contributed by atoms with van der Waals surface area (Å²) in [5, 5.41) is 2.96. The Kier molecular flexibility index (Phi) is 9.29. The van der Waals surface area contributed by atoms with Crippen LogP contribution >= 0.6 is 15.9 Å². The standard InChI is InChI=1S/C27H36BrFN2O3/c1-8-22(25(33)30-27(5,6)7)31(16-18-9-12-20(29)13-10-18)24(32)17-34-23-14-11-19(15-21(23)28)26(2,3)4/h9-15,22H,8,16-17H2,1-7H3,(H,30,33). The van der Waals surface area contributed by atoms with Gasteiger partial charge >= 0.3 is 0 Å². The third kappa shape index (κ3) is 8.12. The molecule has 0 spiro atoms. The van der Waals surface area contributed by atoms with Gasteiger partial charge in [0.2, 0.25) is 5.91 Å². The molecule has 0 aliphatic heterocycles. The number of halogens is 2. The molecule has 5 nitrogen and oxygen atoms in total. The number of nitrogens with zero attached hydrogens (tertiary/aromatic N) is 1. The number of carbonyl (C=O) groups excluding carboxylic acids is 2. The Morgan fingerprint density at radius 3 is 2.18 bits per heavy atom. The lowest BCUT2D eigenvalue weighted by Crippen LogP contribution is -2.54. The van der Waals surface area contributed by atoms with Gasteiger partial charge in [-0.15, -0.1) is 0 Å². The van der Waals surface area contributed by atoms with Gasteiger partial charge in [0.05, 0.1) is 4.47 Å². The molecule has 7 heteroatoms. The van der Waals surface area contributed by atoms with Crippen molar-refractivity contribution in [3.8, 4) is 5.75 Å². The Morgan fingerprint density at radius 2 is 1.68 bits per heavy atom. The highest BCUT2D eigenvalue weighted by molar-refractivity contribution is 9.10. The lowest BCUT2D eigenvalue weighted by Gasteiger charge is -2.33. The summed E-state index contributed by atoms with van der Waals surface area (Å²) in [4.78, 5) is 27.9. The summed E-state index contributed by atoms with van der Waals surface area (Å²) in [7, 11) is 0. The minimum atomic E-state index is -0.688. The smallest absolute Gasteiger partial charge is 0.261 e. The number of hydrogen-bond donors (Lipinski definition) is 1. The summed E-state index contributed by atoms with van der Waals surface area (Å²) in [6.45, 7) is 13.9. The highest BCUT2D eigenvalue weighted by atomic mass is 79.9. The van der Waals surface area contributed by atoms with Crippen molar-refractivity contribution in [2.24, 2.45) is 0 Å². The van der Waals surface area contributed by atoms with E-state index < -0.39 is 11.6 Å². The molecule has 34 heavy (non-hydrogen) atoms. The Bertz CT molecular complexity index is 994. The SMILES string of the molecule is CCC(C(=O)NC(C)(C)C)N(Cc1ccc(F)cc1)C(=O)COc1ccc(C(C)(C)C)cc1Br. The molecule has 0 aliphatic rings. The molecule has 0 bridgehead atoms. The van der Waals surface area contributed by atoms with E-state index in [1.165, 1.54) is 17.0 Å². The van der Waals surface area contributed by atoms with E-state index in [0.717, 1.165) is 15.6 Å². The van der Waals surface area contributed by atoms with Gasteiger partial charge in [0, 0.05) is 12.1 Å².